The Morgan fingerprint density at radius 1 is 0.865 bits per heavy atom. The molecule has 1 aromatic rings. The molecule has 0 amide bonds. The van der Waals surface area contributed by atoms with E-state index in [2.05, 4.69) is 34.6 Å². The summed E-state index contributed by atoms with van der Waals surface area (Å²) in [5.41, 5.74) is 15.8. The number of hydrogen-bond acceptors (Lipinski definition) is 3. The molecule has 0 saturated heterocycles. The van der Waals surface area contributed by atoms with Crippen molar-refractivity contribution in [3.8, 4) is 0 Å². The molecule has 0 aromatic heterocycles. The molecule has 4 aliphatic carbocycles. The molecule has 4 N–H and O–H groups in total. The van der Waals surface area contributed by atoms with Gasteiger partial charge in [-0.3, -0.25) is 0 Å². The molecular formula is C34H56N2O. The van der Waals surface area contributed by atoms with Gasteiger partial charge in [0.25, 0.3) is 0 Å². The van der Waals surface area contributed by atoms with E-state index in [-0.39, 0.29) is 0 Å². The van der Waals surface area contributed by atoms with E-state index in [4.69, 9.17) is 16.2 Å². The molecule has 0 radical (unpaired) electrons. The largest absolute Gasteiger partial charge is 0.399 e. The van der Waals surface area contributed by atoms with Crippen molar-refractivity contribution in [1.29, 1.82) is 0 Å². The summed E-state index contributed by atoms with van der Waals surface area (Å²) >= 11 is 0. The molecule has 3 heteroatoms. The highest BCUT2D eigenvalue weighted by atomic mass is 16.5. The van der Waals surface area contributed by atoms with Crippen molar-refractivity contribution in [2.75, 3.05) is 11.5 Å². The lowest BCUT2D eigenvalue weighted by Crippen LogP contribution is -2.53. The first-order valence-corrected chi connectivity index (χ1v) is 15.9. The average Bonchev–Trinajstić information content (AvgIpc) is 3.14. The number of nitrogens with two attached hydrogens (primary N) is 2. The van der Waals surface area contributed by atoms with E-state index >= 15 is 0 Å². The molecule has 4 fully saturated rings. The van der Waals surface area contributed by atoms with Gasteiger partial charge in [0, 0.05) is 11.4 Å². The highest BCUT2D eigenvalue weighted by Gasteiger charge is 2.62. The molecule has 5 rings (SSSR count). The van der Waals surface area contributed by atoms with E-state index in [0.717, 1.165) is 46.5 Å². The lowest BCUT2D eigenvalue weighted by atomic mass is 9.44. The summed E-state index contributed by atoms with van der Waals surface area (Å²) in [6, 6.07) is 5.93. The highest BCUT2D eigenvalue weighted by Crippen LogP contribution is 2.68. The second kappa shape index (κ2) is 10.7. The summed E-state index contributed by atoms with van der Waals surface area (Å²) in [4.78, 5) is 0. The fourth-order valence-corrected chi connectivity index (χ4v) is 10.6. The fourth-order valence-electron chi connectivity index (χ4n) is 10.6. The van der Waals surface area contributed by atoms with Crippen LogP contribution in [0, 0.1) is 52.3 Å². The van der Waals surface area contributed by atoms with E-state index < -0.39 is 0 Å². The monoisotopic (exact) mass is 508 g/mol. The number of anilines is 2. The quantitative estimate of drug-likeness (QED) is 0.345. The lowest BCUT2D eigenvalue weighted by molar-refractivity contribution is -0.116. The Labute approximate surface area is 227 Å². The van der Waals surface area contributed by atoms with E-state index in [1.807, 2.05) is 18.2 Å². The van der Waals surface area contributed by atoms with Crippen LogP contribution in [-0.2, 0) is 11.3 Å². The first-order chi connectivity index (χ1) is 17.6. The third-order valence-corrected chi connectivity index (χ3v) is 12.2. The van der Waals surface area contributed by atoms with E-state index in [1.165, 1.54) is 77.0 Å². The predicted molar refractivity (Wildman–Crippen MR) is 157 cm³/mol. The average molecular weight is 509 g/mol. The van der Waals surface area contributed by atoms with Crippen LogP contribution in [0.1, 0.15) is 117 Å². The van der Waals surface area contributed by atoms with Crippen LogP contribution >= 0.6 is 0 Å². The van der Waals surface area contributed by atoms with Gasteiger partial charge >= 0.3 is 0 Å². The van der Waals surface area contributed by atoms with Crippen LogP contribution in [0.3, 0.4) is 0 Å². The Morgan fingerprint density at radius 3 is 2.35 bits per heavy atom. The molecule has 4 aliphatic rings. The maximum absolute atomic E-state index is 6.92. The minimum atomic E-state index is 0.349. The topological polar surface area (TPSA) is 61.3 Å². The van der Waals surface area contributed by atoms with Gasteiger partial charge in [-0.25, -0.2) is 0 Å². The summed E-state index contributed by atoms with van der Waals surface area (Å²) < 4.78 is 6.92. The van der Waals surface area contributed by atoms with Crippen LogP contribution in [0.4, 0.5) is 11.4 Å². The first-order valence-electron chi connectivity index (χ1n) is 15.9. The SMILES string of the molecule is CC(C)CCC[C@@H](C)[C@H]1C(OCc2cc(N)cc(N)c2)C[C@H]2[C@@H]3CCC4CCCC[C@]4(C)[C@H]3CC[C@]12C. The minimum absolute atomic E-state index is 0.349. The van der Waals surface area contributed by atoms with Crippen molar-refractivity contribution in [2.24, 2.45) is 52.3 Å². The van der Waals surface area contributed by atoms with Gasteiger partial charge in [0.1, 0.15) is 0 Å². The van der Waals surface area contributed by atoms with Crippen LogP contribution in [0.25, 0.3) is 0 Å². The summed E-state index contributed by atoms with van der Waals surface area (Å²) in [6.07, 6.45) is 17.4. The van der Waals surface area contributed by atoms with Crippen molar-refractivity contribution in [1.82, 2.24) is 0 Å². The van der Waals surface area contributed by atoms with Crippen molar-refractivity contribution in [2.45, 2.75) is 124 Å². The maximum Gasteiger partial charge on any atom is 0.0722 e. The molecule has 4 saturated carbocycles. The molecule has 0 aliphatic heterocycles. The summed E-state index contributed by atoms with van der Waals surface area (Å²) in [7, 11) is 0. The number of fused-ring (bicyclic) bond motifs is 5. The third kappa shape index (κ3) is 5.20. The Hall–Kier alpha value is -1.22. The van der Waals surface area contributed by atoms with Crippen LogP contribution in [0.15, 0.2) is 18.2 Å². The van der Waals surface area contributed by atoms with Crippen LogP contribution in [0.2, 0.25) is 0 Å². The number of hydrogen-bond donors (Lipinski definition) is 2. The Morgan fingerprint density at radius 2 is 1.62 bits per heavy atom. The smallest absolute Gasteiger partial charge is 0.0722 e. The lowest BCUT2D eigenvalue weighted by Gasteiger charge is -2.60. The first kappa shape index (κ1) is 27.4. The number of benzene rings is 1. The van der Waals surface area contributed by atoms with Crippen LogP contribution in [-0.4, -0.2) is 6.10 Å². The molecular weight excluding hydrogens is 452 g/mol. The van der Waals surface area contributed by atoms with Gasteiger partial charge in [-0.15, -0.1) is 0 Å². The van der Waals surface area contributed by atoms with Crippen molar-refractivity contribution < 1.29 is 4.74 Å². The summed E-state index contributed by atoms with van der Waals surface area (Å²) in [5.74, 6) is 5.80. The third-order valence-electron chi connectivity index (χ3n) is 12.2. The zero-order valence-electron chi connectivity index (χ0n) is 24.6. The minimum Gasteiger partial charge on any atom is -0.399 e. The molecule has 0 heterocycles. The Kier molecular flexibility index (Phi) is 7.94. The molecule has 2 unspecified atom stereocenters. The second-order valence-electron chi connectivity index (χ2n) is 14.9. The maximum atomic E-state index is 6.92. The van der Waals surface area contributed by atoms with Gasteiger partial charge in [-0.05, 0) is 121 Å². The molecule has 208 valence electrons. The molecule has 3 nitrogen and oxygen atoms in total. The molecule has 0 bridgehead atoms. The molecule has 1 aromatic carbocycles. The van der Waals surface area contributed by atoms with Crippen molar-refractivity contribution in [3.05, 3.63) is 23.8 Å². The van der Waals surface area contributed by atoms with Crippen molar-refractivity contribution in [3.63, 3.8) is 0 Å². The second-order valence-corrected chi connectivity index (χ2v) is 14.9. The number of nitrogen functional groups attached to an aromatic ring is 2. The van der Waals surface area contributed by atoms with E-state index in [0.29, 0.717) is 35.4 Å². The number of ether oxygens (including phenoxy) is 1. The molecule has 37 heavy (non-hydrogen) atoms. The van der Waals surface area contributed by atoms with E-state index in [1.54, 1.807) is 0 Å². The standard InChI is InChI=1S/C34H56N2O/c1-22(2)9-8-10-23(3)32-31(37-21-24-17-26(35)19-27(36)18-24)20-30-28-13-12-25-11-6-7-15-33(25,4)29(28)14-16-34(30,32)5/h17-19,22-23,25,28-32H,6-16,20-21,35-36H2,1-5H3/t23-,25?,28-,29+,30+,31?,32+,33+,34+/m1/s1. The van der Waals surface area contributed by atoms with Crippen molar-refractivity contribution >= 4 is 11.4 Å². The van der Waals surface area contributed by atoms with Gasteiger partial charge in [-0.1, -0.05) is 66.7 Å². The highest BCUT2D eigenvalue weighted by molar-refractivity contribution is 5.54. The van der Waals surface area contributed by atoms with Gasteiger partial charge in [0.2, 0.25) is 0 Å². The molecule has 9 atom stereocenters. The zero-order valence-corrected chi connectivity index (χ0v) is 24.6. The van der Waals surface area contributed by atoms with Crippen LogP contribution < -0.4 is 11.5 Å². The van der Waals surface area contributed by atoms with Gasteiger partial charge in [-0.2, -0.15) is 0 Å². The van der Waals surface area contributed by atoms with Gasteiger partial charge in [0.15, 0.2) is 0 Å². The Balaban J connectivity index is 1.38. The number of rotatable bonds is 8. The van der Waals surface area contributed by atoms with Gasteiger partial charge in [0.05, 0.1) is 12.7 Å². The normalized spacial score (nSPS) is 40.2. The zero-order chi connectivity index (χ0) is 26.4. The van der Waals surface area contributed by atoms with Crippen LogP contribution in [0.5, 0.6) is 0 Å². The summed E-state index contributed by atoms with van der Waals surface area (Å²) in [6.45, 7) is 13.3. The predicted octanol–water partition coefficient (Wildman–Crippen LogP) is 8.86. The fraction of sp³-hybridized carbons (Fsp3) is 0.824. The Bertz CT molecular complexity index is 908. The summed E-state index contributed by atoms with van der Waals surface area (Å²) in [5, 5.41) is 0. The molecule has 0 spiro atoms. The van der Waals surface area contributed by atoms with E-state index in [9.17, 15) is 0 Å². The van der Waals surface area contributed by atoms with Gasteiger partial charge < -0.3 is 16.2 Å².